The van der Waals surface area contributed by atoms with Crippen molar-refractivity contribution in [2.24, 2.45) is 0 Å². The van der Waals surface area contributed by atoms with Gasteiger partial charge in [-0.15, -0.1) is 0 Å². The number of anilines is 3. The van der Waals surface area contributed by atoms with Crippen LogP contribution in [0.25, 0.3) is 0 Å². The molecule has 0 aliphatic rings. The first-order valence-corrected chi connectivity index (χ1v) is 8.81. The molecule has 3 aromatic carbocycles. The molecule has 6 nitrogen and oxygen atoms in total. The number of rotatable bonds is 6. The number of hydrogen-bond donors (Lipinski definition) is 3. The molecule has 0 saturated heterocycles. The van der Waals surface area contributed by atoms with E-state index in [0.717, 1.165) is 11.3 Å². The van der Waals surface area contributed by atoms with E-state index in [2.05, 4.69) is 16.0 Å². The summed E-state index contributed by atoms with van der Waals surface area (Å²) in [6, 6.07) is 23.6. The number of urea groups is 1. The lowest BCUT2D eigenvalue weighted by atomic mass is 10.2. The molecule has 3 N–H and O–H groups in total. The lowest BCUT2D eigenvalue weighted by molar-refractivity contribution is -0.114. The molecular formula is C22H21N3O3. The number of amides is 3. The zero-order valence-corrected chi connectivity index (χ0v) is 15.4. The number of ether oxygens (including phenoxy) is 1. The van der Waals surface area contributed by atoms with Gasteiger partial charge in [-0.2, -0.15) is 0 Å². The second-order valence-corrected chi connectivity index (χ2v) is 6.14. The van der Waals surface area contributed by atoms with Crippen LogP contribution in [0.3, 0.4) is 0 Å². The zero-order valence-electron chi connectivity index (χ0n) is 15.4. The summed E-state index contributed by atoms with van der Waals surface area (Å²) < 4.78 is 5.73. The van der Waals surface area contributed by atoms with Crippen LogP contribution in [-0.2, 0) is 11.4 Å². The number of nitrogens with one attached hydrogen (secondary N) is 3. The molecular weight excluding hydrogens is 354 g/mol. The highest BCUT2D eigenvalue weighted by Gasteiger charge is 2.05. The highest BCUT2D eigenvalue weighted by molar-refractivity contribution is 6.00. The smallest absolute Gasteiger partial charge is 0.323 e. The van der Waals surface area contributed by atoms with E-state index in [1.807, 2.05) is 30.3 Å². The van der Waals surface area contributed by atoms with E-state index in [-0.39, 0.29) is 11.9 Å². The molecule has 0 radical (unpaired) electrons. The van der Waals surface area contributed by atoms with Crippen molar-refractivity contribution in [2.45, 2.75) is 13.5 Å². The van der Waals surface area contributed by atoms with E-state index in [1.54, 1.807) is 48.5 Å². The fraction of sp³-hybridized carbons (Fsp3) is 0.0909. The summed E-state index contributed by atoms with van der Waals surface area (Å²) in [7, 11) is 0. The Balaban J connectivity index is 1.52. The third-order valence-corrected chi connectivity index (χ3v) is 3.80. The summed E-state index contributed by atoms with van der Waals surface area (Å²) in [5.41, 5.74) is 2.92. The maximum atomic E-state index is 12.2. The van der Waals surface area contributed by atoms with Crippen molar-refractivity contribution in [3.63, 3.8) is 0 Å². The van der Waals surface area contributed by atoms with Gasteiger partial charge < -0.3 is 20.7 Å². The minimum atomic E-state index is -0.377. The largest absolute Gasteiger partial charge is 0.489 e. The maximum absolute atomic E-state index is 12.2. The topological polar surface area (TPSA) is 79.5 Å². The number of benzene rings is 3. The molecule has 3 rings (SSSR count). The molecule has 0 bridgehead atoms. The highest BCUT2D eigenvalue weighted by Crippen LogP contribution is 2.18. The van der Waals surface area contributed by atoms with E-state index in [1.165, 1.54) is 6.92 Å². The van der Waals surface area contributed by atoms with E-state index in [4.69, 9.17) is 4.74 Å². The molecule has 142 valence electrons. The molecule has 0 fully saturated rings. The van der Waals surface area contributed by atoms with Crippen molar-refractivity contribution >= 4 is 29.0 Å². The van der Waals surface area contributed by atoms with Gasteiger partial charge in [-0.05, 0) is 48.0 Å². The van der Waals surface area contributed by atoms with E-state index < -0.39 is 0 Å². The van der Waals surface area contributed by atoms with Gasteiger partial charge in [-0.1, -0.05) is 36.4 Å². The van der Waals surface area contributed by atoms with Crippen LogP contribution in [0.4, 0.5) is 21.9 Å². The number of carbonyl (C=O) groups excluding carboxylic acids is 2. The SMILES string of the molecule is CC(=O)Nc1cccc(NC(=O)Nc2ccc(OCc3ccccc3)cc2)c1. The predicted octanol–water partition coefficient (Wildman–Crippen LogP) is 4.87. The highest BCUT2D eigenvalue weighted by atomic mass is 16.5. The molecule has 6 heteroatoms. The quantitative estimate of drug-likeness (QED) is 0.575. The summed E-state index contributed by atoms with van der Waals surface area (Å²) in [5, 5.41) is 8.16. The van der Waals surface area contributed by atoms with Gasteiger partial charge in [0.15, 0.2) is 0 Å². The number of hydrogen-bond acceptors (Lipinski definition) is 3. The van der Waals surface area contributed by atoms with Gasteiger partial charge in [0.2, 0.25) is 5.91 Å². The fourth-order valence-corrected chi connectivity index (χ4v) is 2.55. The van der Waals surface area contributed by atoms with Crippen LogP contribution in [-0.4, -0.2) is 11.9 Å². The number of carbonyl (C=O) groups is 2. The van der Waals surface area contributed by atoms with Crippen LogP contribution < -0.4 is 20.7 Å². The average Bonchev–Trinajstić information content (AvgIpc) is 2.68. The molecule has 0 spiro atoms. The van der Waals surface area contributed by atoms with E-state index in [9.17, 15) is 9.59 Å². The molecule has 0 aliphatic carbocycles. The van der Waals surface area contributed by atoms with Gasteiger partial charge in [-0.3, -0.25) is 4.79 Å². The Morgan fingerprint density at radius 1 is 0.750 bits per heavy atom. The average molecular weight is 375 g/mol. The first kappa shape index (κ1) is 19.0. The first-order chi connectivity index (χ1) is 13.6. The van der Waals surface area contributed by atoms with Crippen molar-refractivity contribution in [2.75, 3.05) is 16.0 Å². The Hall–Kier alpha value is -3.80. The lowest BCUT2D eigenvalue weighted by Crippen LogP contribution is -2.19. The summed E-state index contributed by atoms with van der Waals surface area (Å²) in [5.74, 6) is 0.550. The molecule has 0 atom stereocenters. The Labute approximate surface area is 163 Å². The molecule has 3 aromatic rings. The fourth-order valence-electron chi connectivity index (χ4n) is 2.55. The predicted molar refractivity (Wildman–Crippen MR) is 111 cm³/mol. The molecule has 0 saturated carbocycles. The van der Waals surface area contributed by atoms with Crippen molar-refractivity contribution in [3.8, 4) is 5.75 Å². The Kier molecular flexibility index (Phi) is 6.25. The third kappa shape index (κ3) is 5.88. The van der Waals surface area contributed by atoms with Crippen LogP contribution in [0.1, 0.15) is 12.5 Å². The molecule has 0 heterocycles. The van der Waals surface area contributed by atoms with E-state index in [0.29, 0.717) is 23.7 Å². The van der Waals surface area contributed by atoms with Crippen molar-refractivity contribution in [1.29, 1.82) is 0 Å². The van der Waals surface area contributed by atoms with Crippen LogP contribution in [0.15, 0.2) is 78.9 Å². The van der Waals surface area contributed by atoms with Crippen LogP contribution in [0.2, 0.25) is 0 Å². The molecule has 0 unspecified atom stereocenters. The third-order valence-electron chi connectivity index (χ3n) is 3.80. The van der Waals surface area contributed by atoms with Crippen LogP contribution in [0, 0.1) is 0 Å². The van der Waals surface area contributed by atoms with Crippen molar-refractivity contribution in [1.82, 2.24) is 0 Å². The second kappa shape index (κ2) is 9.23. The zero-order chi connectivity index (χ0) is 19.8. The summed E-state index contributed by atoms with van der Waals surface area (Å²) in [6.07, 6.45) is 0. The summed E-state index contributed by atoms with van der Waals surface area (Å²) in [4.78, 5) is 23.3. The van der Waals surface area contributed by atoms with Gasteiger partial charge >= 0.3 is 6.03 Å². The van der Waals surface area contributed by atoms with Gasteiger partial charge in [0, 0.05) is 24.0 Å². The minimum absolute atomic E-state index is 0.170. The Morgan fingerprint density at radius 2 is 1.39 bits per heavy atom. The van der Waals surface area contributed by atoms with Gasteiger partial charge in [-0.25, -0.2) is 4.79 Å². The standard InChI is InChI=1S/C22H21N3O3/c1-16(26)23-19-8-5-9-20(14-19)25-22(27)24-18-10-12-21(13-11-18)28-15-17-6-3-2-4-7-17/h2-14H,15H2,1H3,(H,23,26)(H2,24,25,27). The summed E-state index contributed by atoms with van der Waals surface area (Å²) >= 11 is 0. The van der Waals surface area contributed by atoms with Gasteiger partial charge in [0.05, 0.1) is 0 Å². The van der Waals surface area contributed by atoms with E-state index >= 15 is 0 Å². The Bertz CT molecular complexity index is 941. The maximum Gasteiger partial charge on any atom is 0.323 e. The monoisotopic (exact) mass is 375 g/mol. The second-order valence-electron chi connectivity index (χ2n) is 6.14. The summed E-state index contributed by atoms with van der Waals surface area (Å²) in [6.45, 7) is 1.92. The Morgan fingerprint density at radius 3 is 2.07 bits per heavy atom. The van der Waals surface area contributed by atoms with Crippen molar-refractivity contribution in [3.05, 3.63) is 84.4 Å². The lowest BCUT2D eigenvalue weighted by Gasteiger charge is -2.10. The van der Waals surface area contributed by atoms with Crippen LogP contribution in [0.5, 0.6) is 5.75 Å². The van der Waals surface area contributed by atoms with Gasteiger partial charge in [0.25, 0.3) is 0 Å². The van der Waals surface area contributed by atoms with Crippen molar-refractivity contribution < 1.29 is 14.3 Å². The normalized spacial score (nSPS) is 10.0. The molecule has 0 aliphatic heterocycles. The molecule has 28 heavy (non-hydrogen) atoms. The molecule has 0 aromatic heterocycles. The van der Waals surface area contributed by atoms with Crippen LogP contribution >= 0.6 is 0 Å². The minimum Gasteiger partial charge on any atom is -0.489 e. The van der Waals surface area contributed by atoms with Gasteiger partial charge in [0.1, 0.15) is 12.4 Å². The first-order valence-electron chi connectivity index (χ1n) is 8.81. The molecule has 3 amide bonds.